The first-order valence-corrected chi connectivity index (χ1v) is 11.1. The third kappa shape index (κ3) is 6.86. The number of likely N-dealkylation sites (tertiary alicyclic amines) is 1. The smallest absolute Gasteiger partial charge is 0.254 e. The molecule has 2 amide bonds. The molecule has 1 saturated heterocycles. The molecule has 2 aromatic rings. The minimum Gasteiger partial charge on any atom is -0.356 e. The van der Waals surface area contributed by atoms with Gasteiger partial charge in [-0.1, -0.05) is 6.42 Å². The molecule has 0 atom stereocenters. The monoisotopic (exact) mass is 442 g/mol. The van der Waals surface area contributed by atoms with Gasteiger partial charge in [-0.3, -0.25) is 19.2 Å². The van der Waals surface area contributed by atoms with Crippen LogP contribution in [0.15, 0.2) is 22.0 Å². The van der Waals surface area contributed by atoms with Crippen LogP contribution in [0.4, 0.5) is 0 Å². The first-order chi connectivity index (χ1) is 15.4. The lowest BCUT2D eigenvalue weighted by molar-refractivity contribution is -0.129. The van der Waals surface area contributed by atoms with Crippen molar-refractivity contribution >= 4 is 11.8 Å². The van der Waals surface area contributed by atoms with Crippen molar-refractivity contribution in [3.8, 4) is 0 Å². The SMILES string of the molecule is Cc1ncc(CC(=O)NCCCCCc2ncc(CC(=O)N3CCCC3)c(=O)[nH]2)c(=O)[nH]1. The van der Waals surface area contributed by atoms with Gasteiger partial charge >= 0.3 is 0 Å². The Morgan fingerprint density at radius 2 is 1.66 bits per heavy atom. The molecule has 1 aliphatic rings. The van der Waals surface area contributed by atoms with Gasteiger partial charge in [-0.15, -0.1) is 0 Å². The van der Waals surface area contributed by atoms with Gasteiger partial charge in [0, 0.05) is 49.6 Å². The number of hydrogen-bond acceptors (Lipinski definition) is 6. The molecule has 172 valence electrons. The Bertz CT molecular complexity index is 1050. The van der Waals surface area contributed by atoms with E-state index in [2.05, 4.69) is 25.3 Å². The largest absolute Gasteiger partial charge is 0.356 e. The van der Waals surface area contributed by atoms with Crippen LogP contribution >= 0.6 is 0 Å². The zero-order valence-corrected chi connectivity index (χ0v) is 18.4. The minimum atomic E-state index is -0.291. The highest BCUT2D eigenvalue weighted by Gasteiger charge is 2.19. The molecule has 1 aliphatic heterocycles. The maximum Gasteiger partial charge on any atom is 0.254 e. The third-order valence-corrected chi connectivity index (χ3v) is 5.49. The molecule has 2 aromatic heterocycles. The van der Waals surface area contributed by atoms with Gasteiger partial charge in [0.25, 0.3) is 11.1 Å². The lowest BCUT2D eigenvalue weighted by atomic mass is 10.1. The Labute approximate surface area is 185 Å². The molecule has 0 radical (unpaired) electrons. The van der Waals surface area contributed by atoms with Crippen LogP contribution in [0, 0.1) is 6.92 Å². The molecule has 0 bridgehead atoms. The molecule has 0 spiro atoms. The van der Waals surface area contributed by atoms with Crippen molar-refractivity contribution in [2.45, 2.75) is 58.3 Å². The van der Waals surface area contributed by atoms with E-state index < -0.39 is 0 Å². The van der Waals surface area contributed by atoms with E-state index >= 15 is 0 Å². The second kappa shape index (κ2) is 11.4. The van der Waals surface area contributed by atoms with Crippen LogP contribution in [-0.2, 0) is 28.9 Å². The summed E-state index contributed by atoms with van der Waals surface area (Å²) in [5.74, 6) is 0.877. The Morgan fingerprint density at radius 3 is 2.38 bits per heavy atom. The number of unbranched alkanes of at least 4 members (excludes halogenated alkanes) is 2. The summed E-state index contributed by atoms with van der Waals surface area (Å²) in [6.07, 6.45) is 8.12. The molecule has 0 unspecified atom stereocenters. The molecule has 10 nitrogen and oxygen atoms in total. The van der Waals surface area contributed by atoms with Crippen LogP contribution in [-0.4, -0.2) is 56.3 Å². The van der Waals surface area contributed by atoms with E-state index in [1.807, 2.05) is 0 Å². The highest BCUT2D eigenvalue weighted by Crippen LogP contribution is 2.09. The number of hydrogen-bond donors (Lipinski definition) is 3. The second-order valence-corrected chi connectivity index (χ2v) is 8.11. The number of aryl methyl sites for hydroxylation is 2. The second-order valence-electron chi connectivity index (χ2n) is 8.11. The molecule has 32 heavy (non-hydrogen) atoms. The lowest BCUT2D eigenvalue weighted by Gasteiger charge is -2.14. The number of aromatic nitrogens is 4. The number of H-pyrrole nitrogens is 2. The van der Waals surface area contributed by atoms with Crippen molar-refractivity contribution in [1.82, 2.24) is 30.2 Å². The van der Waals surface area contributed by atoms with Crippen molar-refractivity contribution in [2.24, 2.45) is 0 Å². The Morgan fingerprint density at radius 1 is 0.969 bits per heavy atom. The normalized spacial score (nSPS) is 13.3. The number of nitrogens with one attached hydrogen (secondary N) is 3. The zero-order valence-electron chi connectivity index (χ0n) is 18.4. The molecule has 3 heterocycles. The lowest BCUT2D eigenvalue weighted by Crippen LogP contribution is -2.31. The highest BCUT2D eigenvalue weighted by molar-refractivity contribution is 5.79. The van der Waals surface area contributed by atoms with E-state index in [0.717, 1.165) is 45.2 Å². The molecule has 3 rings (SSSR count). The fourth-order valence-electron chi connectivity index (χ4n) is 3.65. The summed E-state index contributed by atoms with van der Waals surface area (Å²) in [5.41, 5.74) is 0.195. The van der Waals surface area contributed by atoms with Gasteiger partial charge in [0.05, 0.1) is 12.8 Å². The maximum absolute atomic E-state index is 12.3. The zero-order chi connectivity index (χ0) is 22.9. The van der Waals surface area contributed by atoms with Gasteiger partial charge < -0.3 is 20.2 Å². The molecular weight excluding hydrogens is 412 g/mol. The summed E-state index contributed by atoms with van der Waals surface area (Å²) in [6.45, 7) is 3.73. The molecule has 0 aliphatic carbocycles. The van der Waals surface area contributed by atoms with Crippen LogP contribution < -0.4 is 16.4 Å². The molecule has 0 saturated carbocycles. The first kappa shape index (κ1) is 23.4. The summed E-state index contributed by atoms with van der Waals surface area (Å²) in [5, 5.41) is 2.80. The van der Waals surface area contributed by atoms with E-state index in [4.69, 9.17) is 0 Å². The van der Waals surface area contributed by atoms with Crippen molar-refractivity contribution in [3.63, 3.8) is 0 Å². The van der Waals surface area contributed by atoms with E-state index in [9.17, 15) is 19.2 Å². The minimum absolute atomic E-state index is 0.000379. The van der Waals surface area contributed by atoms with E-state index in [-0.39, 0.29) is 35.8 Å². The predicted octanol–water partition coefficient (Wildman–Crippen LogP) is 0.398. The summed E-state index contributed by atoms with van der Waals surface area (Å²) < 4.78 is 0. The Kier molecular flexibility index (Phi) is 8.29. The fraction of sp³-hybridized carbons (Fsp3) is 0.545. The maximum atomic E-state index is 12.3. The van der Waals surface area contributed by atoms with E-state index in [0.29, 0.717) is 35.7 Å². The summed E-state index contributed by atoms with van der Waals surface area (Å²) in [6, 6.07) is 0. The Hall–Kier alpha value is -3.30. The van der Waals surface area contributed by atoms with Gasteiger partial charge in [0.15, 0.2) is 0 Å². The van der Waals surface area contributed by atoms with Crippen LogP contribution in [0.3, 0.4) is 0 Å². The Balaban J connectivity index is 1.33. The van der Waals surface area contributed by atoms with Gasteiger partial charge in [-0.05, 0) is 32.6 Å². The van der Waals surface area contributed by atoms with Gasteiger partial charge in [-0.25, -0.2) is 9.97 Å². The van der Waals surface area contributed by atoms with Gasteiger partial charge in [0.2, 0.25) is 11.8 Å². The topological polar surface area (TPSA) is 141 Å². The van der Waals surface area contributed by atoms with Crippen molar-refractivity contribution in [1.29, 1.82) is 0 Å². The number of carbonyl (C=O) groups excluding carboxylic acids is 2. The summed E-state index contributed by atoms with van der Waals surface area (Å²) >= 11 is 0. The predicted molar refractivity (Wildman–Crippen MR) is 118 cm³/mol. The molecule has 1 fully saturated rings. The van der Waals surface area contributed by atoms with E-state index in [1.54, 1.807) is 11.8 Å². The quantitative estimate of drug-likeness (QED) is 0.455. The van der Waals surface area contributed by atoms with E-state index in [1.165, 1.54) is 12.4 Å². The van der Waals surface area contributed by atoms with Crippen LogP contribution in [0.5, 0.6) is 0 Å². The molecule has 0 aromatic carbocycles. The molecule has 10 heteroatoms. The van der Waals surface area contributed by atoms with Crippen molar-refractivity contribution in [3.05, 3.63) is 55.9 Å². The summed E-state index contributed by atoms with van der Waals surface area (Å²) in [4.78, 5) is 63.6. The first-order valence-electron chi connectivity index (χ1n) is 11.1. The van der Waals surface area contributed by atoms with Gasteiger partial charge in [0.1, 0.15) is 11.6 Å². The van der Waals surface area contributed by atoms with Crippen molar-refractivity contribution in [2.75, 3.05) is 19.6 Å². The highest BCUT2D eigenvalue weighted by atomic mass is 16.2. The molecule has 3 N–H and O–H groups in total. The summed E-state index contributed by atoms with van der Waals surface area (Å²) in [7, 11) is 0. The van der Waals surface area contributed by atoms with Gasteiger partial charge in [-0.2, -0.15) is 0 Å². The van der Waals surface area contributed by atoms with Crippen LogP contribution in [0.2, 0.25) is 0 Å². The average Bonchev–Trinajstić information content (AvgIpc) is 3.29. The molecular formula is C22H30N6O4. The number of aromatic amines is 2. The third-order valence-electron chi connectivity index (χ3n) is 5.49. The number of nitrogens with zero attached hydrogens (tertiary/aromatic N) is 3. The number of amides is 2. The fourth-order valence-corrected chi connectivity index (χ4v) is 3.65. The standard InChI is InChI=1S/C22H30N6O4/c1-15-24-13-16(21(31)26-15)11-19(29)23-8-4-2-3-7-18-25-14-17(22(32)27-18)12-20(30)28-9-5-6-10-28/h13-14H,2-12H2,1H3,(H,23,29)(H,24,26,31)(H,25,27,32). The van der Waals surface area contributed by atoms with Crippen LogP contribution in [0.25, 0.3) is 0 Å². The number of rotatable bonds is 10. The number of carbonyl (C=O) groups is 2. The van der Waals surface area contributed by atoms with Crippen LogP contribution in [0.1, 0.15) is 54.9 Å². The van der Waals surface area contributed by atoms with Crippen molar-refractivity contribution < 1.29 is 9.59 Å². The average molecular weight is 443 g/mol.